The zero-order chi connectivity index (χ0) is 22.0. The molecule has 3 aromatic rings. The molecule has 1 aliphatic heterocycles. The van der Waals surface area contributed by atoms with Gasteiger partial charge in [0.1, 0.15) is 22.8 Å². The molecule has 0 atom stereocenters. The van der Waals surface area contributed by atoms with Crippen LogP contribution in [0.3, 0.4) is 0 Å². The Morgan fingerprint density at radius 3 is 2.65 bits per heavy atom. The monoisotopic (exact) mass is 439 g/mol. The number of benzene rings is 2. The van der Waals surface area contributed by atoms with Crippen LogP contribution in [0.5, 0.6) is 17.2 Å². The minimum absolute atomic E-state index is 0.0411. The number of likely N-dealkylation sites (N-methyl/N-ethyl adjacent to an activating group) is 1. The number of hydrogen-bond acceptors (Lipinski definition) is 7. The van der Waals surface area contributed by atoms with Gasteiger partial charge in [0.2, 0.25) is 0 Å². The largest absolute Gasteiger partial charge is 0.496 e. The first kappa shape index (κ1) is 20.7. The lowest BCUT2D eigenvalue weighted by molar-refractivity contribution is -0.121. The van der Waals surface area contributed by atoms with Gasteiger partial charge in [0, 0.05) is 17.5 Å². The molecule has 2 aromatic carbocycles. The molecule has 0 aliphatic carbocycles. The van der Waals surface area contributed by atoms with Crippen molar-refractivity contribution >= 4 is 34.0 Å². The number of nitrogens with one attached hydrogen (secondary N) is 1. The van der Waals surface area contributed by atoms with E-state index in [2.05, 4.69) is 10.3 Å². The molecule has 0 saturated carbocycles. The fraction of sp³-hybridized carbons (Fsp3) is 0.227. The van der Waals surface area contributed by atoms with E-state index in [9.17, 15) is 9.59 Å². The Kier molecular flexibility index (Phi) is 5.77. The van der Waals surface area contributed by atoms with E-state index >= 15 is 0 Å². The number of methoxy groups -OCH3 is 2. The quantitative estimate of drug-likeness (QED) is 0.628. The summed E-state index contributed by atoms with van der Waals surface area (Å²) in [5, 5.41) is 5.09. The SMILES string of the molecule is CCN1C(=O)COc2ccc(-c3csc(NC(=O)c4c(OC)cccc4OC)n3)cc21. The molecular weight excluding hydrogens is 418 g/mol. The molecular formula is C22H21N3O5S. The average molecular weight is 439 g/mol. The van der Waals surface area contributed by atoms with Gasteiger partial charge in [-0.2, -0.15) is 0 Å². The maximum atomic E-state index is 12.9. The van der Waals surface area contributed by atoms with Crippen LogP contribution in [-0.2, 0) is 4.79 Å². The first-order chi connectivity index (χ1) is 15.0. The van der Waals surface area contributed by atoms with E-state index in [-0.39, 0.29) is 18.4 Å². The van der Waals surface area contributed by atoms with Crippen molar-refractivity contribution in [3.63, 3.8) is 0 Å². The van der Waals surface area contributed by atoms with E-state index in [0.29, 0.717) is 45.9 Å². The summed E-state index contributed by atoms with van der Waals surface area (Å²) in [5.74, 6) is 1.03. The van der Waals surface area contributed by atoms with Crippen LogP contribution >= 0.6 is 11.3 Å². The van der Waals surface area contributed by atoms with Gasteiger partial charge in [-0.3, -0.25) is 14.9 Å². The van der Waals surface area contributed by atoms with Gasteiger partial charge in [-0.15, -0.1) is 11.3 Å². The van der Waals surface area contributed by atoms with Gasteiger partial charge in [0.05, 0.1) is 25.6 Å². The second-order valence-electron chi connectivity index (χ2n) is 6.64. The van der Waals surface area contributed by atoms with Crippen LogP contribution in [0.1, 0.15) is 17.3 Å². The predicted octanol–water partition coefficient (Wildman–Crippen LogP) is 3.82. The van der Waals surface area contributed by atoms with E-state index in [0.717, 1.165) is 5.56 Å². The lowest BCUT2D eigenvalue weighted by Gasteiger charge is -2.28. The first-order valence-corrected chi connectivity index (χ1v) is 10.5. The minimum atomic E-state index is -0.378. The lowest BCUT2D eigenvalue weighted by atomic mass is 10.1. The summed E-state index contributed by atoms with van der Waals surface area (Å²) >= 11 is 1.30. The number of ether oxygens (including phenoxy) is 3. The highest BCUT2D eigenvalue weighted by Gasteiger charge is 2.25. The van der Waals surface area contributed by atoms with Gasteiger partial charge < -0.3 is 19.1 Å². The standard InChI is InChI=1S/C22H21N3O5S/c1-4-25-15-10-13(8-9-16(15)30-11-19(25)26)14-12-31-22(23-14)24-21(27)20-17(28-2)6-5-7-18(20)29-3/h5-10,12H,4,11H2,1-3H3,(H,23,24,27). The smallest absolute Gasteiger partial charge is 0.265 e. The third-order valence-electron chi connectivity index (χ3n) is 4.89. The van der Waals surface area contributed by atoms with Crippen molar-refractivity contribution in [2.45, 2.75) is 6.92 Å². The summed E-state index contributed by atoms with van der Waals surface area (Å²) in [6.07, 6.45) is 0. The summed E-state index contributed by atoms with van der Waals surface area (Å²) in [4.78, 5) is 31.2. The van der Waals surface area contributed by atoms with E-state index in [1.807, 2.05) is 30.5 Å². The molecule has 0 saturated heterocycles. The Bertz CT molecular complexity index is 1120. The number of thiazole rings is 1. The Balaban J connectivity index is 1.60. The molecule has 1 aromatic heterocycles. The summed E-state index contributed by atoms with van der Waals surface area (Å²) < 4.78 is 16.1. The molecule has 0 bridgehead atoms. The van der Waals surface area contributed by atoms with E-state index < -0.39 is 0 Å². The first-order valence-electron chi connectivity index (χ1n) is 9.61. The van der Waals surface area contributed by atoms with Crippen molar-refractivity contribution in [1.29, 1.82) is 0 Å². The van der Waals surface area contributed by atoms with Crippen molar-refractivity contribution in [2.24, 2.45) is 0 Å². The van der Waals surface area contributed by atoms with Gasteiger partial charge in [-0.25, -0.2) is 4.98 Å². The lowest BCUT2D eigenvalue weighted by Crippen LogP contribution is -2.38. The van der Waals surface area contributed by atoms with Gasteiger partial charge in [0.15, 0.2) is 11.7 Å². The third kappa shape index (κ3) is 3.91. The van der Waals surface area contributed by atoms with Gasteiger partial charge >= 0.3 is 0 Å². The van der Waals surface area contributed by atoms with Gasteiger partial charge in [0.25, 0.3) is 11.8 Å². The molecule has 160 valence electrons. The normalized spacial score (nSPS) is 12.7. The van der Waals surface area contributed by atoms with E-state index in [1.165, 1.54) is 25.6 Å². The second-order valence-corrected chi connectivity index (χ2v) is 7.50. The van der Waals surface area contributed by atoms with Crippen molar-refractivity contribution < 1.29 is 23.8 Å². The second kappa shape index (κ2) is 8.65. The fourth-order valence-electron chi connectivity index (χ4n) is 3.41. The molecule has 31 heavy (non-hydrogen) atoms. The number of fused-ring (bicyclic) bond motifs is 1. The number of carbonyl (C=O) groups is 2. The van der Waals surface area contributed by atoms with Crippen molar-refractivity contribution in [2.75, 3.05) is 37.6 Å². The van der Waals surface area contributed by atoms with Crippen LogP contribution in [0.15, 0.2) is 41.8 Å². The van der Waals surface area contributed by atoms with Crippen molar-refractivity contribution in [1.82, 2.24) is 4.98 Å². The molecule has 1 aliphatic rings. The zero-order valence-corrected chi connectivity index (χ0v) is 18.1. The highest BCUT2D eigenvalue weighted by molar-refractivity contribution is 7.14. The van der Waals surface area contributed by atoms with Crippen LogP contribution in [0.4, 0.5) is 10.8 Å². The van der Waals surface area contributed by atoms with Crippen LogP contribution in [0, 0.1) is 0 Å². The van der Waals surface area contributed by atoms with Crippen LogP contribution in [-0.4, -0.2) is 44.2 Å². The maximum Gasteiger partial charge on any atom is 0.265 e. The van der Waals surface area contributed by atoms with E-state index in [4.69, 9.17) is 14.2 Å². The van der Waals surface area contributed by atoms with Crippen LogP contribution in [0.2, 0.25) is 0 Å². The minimum Gasteiger partial charge on any atom is -0.496 e. The number of carbonyl (C=O) groups excluding carboxylic acids is 2. The van der Waals surface area contributed by atoms with Crippen molar-refractivity contribution in [3.8, 4) is 28.5 Å². The zero-order valence-electron chi connectivity index (χ0n) is 17.3. The number of hydrogen-bond donors (Lipinski definition) is 1. The van der Waals surface area contributed by atoms with Crippen molar-refractivity contribution in [3.05, 3.63) is 47.3 Å². The predicted molar refractivity (Wildman–Crippen MR) is 119 cm³/mol. The fourth-order valence-corrected chi connectivity index (χ4v) is 4.12. The Hall–Kier alpha value is -3.59. The molecule has 1 N–H and O–H groups in total. The molecule has 0 unspecified atom stereocenters. The average Bonchev–Trinajstić information content (AvgIpc) is 3.26. The van der Waals surface area contributed by atoms with E-state index in [1.54, 1.807) is 23.1 Å². The molecule has 8 nitrogen and oxygen atoms in total. The molecule has 0 fully saturated rings. The third-order valence-corrected chi connectivity index (χ3v) is 5.65. The Morgan fingerprint density at radius 1 is 1.23 bits per heavy atom. The number of aromatic nitrogens is 1. The molecule has 2 heterocycles. The Labute approximate surface area is 183 Å². The Morgan fingerprint density at radius 2 is 1.97 bits per heavy atom. The number of anilines is 2. The summed E-state index contributed by atoms with van der Waals surface area (Å²) in [5.41, 5.74) is 2.52. The number of amides is 2. The highest BCUT2D eigenvalue weighted by Crippen LogP contribution is 2.37. The summed E-state index contributed by atoms with van der Waals surface area (Å²) in [7, 11) is 2.99. The number of nitrogens with zero attached hydrogens (tertiary/aromatic N) is 2. The summed E-state index contributed by atoms with van der Waals surface area (Å²) in [6.45, 7) is 2.51. The highest BCUT2D eigenvalue weighted by atomic mass is 32.1. The molecule has 2 amide bonds. The topological polar surface area (TPSA) is 90.0 Å². The van der Waals surface area contributed by atoms with Crippen LogP contribution < -0.4 is 24.4 Å². The number of rotatable bonds is 6. The van der Waals surface area contributed by atoms with Gasteiger partial charge in [-0.1, -0.05) is 6.07 Å². The molecule has 4 rings (SSSR count). The van der Waals surface area contributed by atoms with Gasteiger partial charge in [-0.05, 0) is 37.3 Å². The maximum absolute atomic E-state index is 12.9. The molecule has 0 radical (unpaired) electrons. The molecule has 9 heteroatoms. The summed E-state index contributed by atoms with van der Waals surface area (Å²) in [6, 6.07) is 10.7. The molecule has 0 spiro atoms. The van der Waals surface area contributed by atoms with Crippen LogP contribution in [0.25, 0.3) is 11.3 Å².